The molecule has 1 heterocycles. The normalized spacial score (nSPS) is 21.6. The number of hydrogen-bond acceptors (Lipinski definition) is 5. The maximum atomic E-state index is 13.0. The predicted octanol–water partition coefficient (Wildman–Crippen LogP) is 1.66. The summed E-state index contributed by atoms with van der Waals surface area (Å²) in [6.45, 7) is 1.79. The maximum absolute atomic E-state index is 13.0. The molecule has 1 atom stereocenters. The summed E-state index contributed by atoms with van der Waals surface area (Å²) in [5, 5.41) is 0. The standard InChI is InChI=1S/C16H21NO5S/c1-21-16(18)13-3-2-4-15(9-13)23(19,20)17(14-5-6-14)10-12-7-8-22-11-12/h2-4,9,12,14H,5-8,10-11H2,1H3/t12-/m0/s1. The Morgan fingerprint density at radius 2 is 2.13 bits per heavy atom. The fraction of sp³-hybridized carbons (Fsp3) is 0.562. The molecule has 1 aliphatic carbocycles. The molecule has 1 saturated heterocycles. The monoisotopic (exact) mass is 339 g/mol. The predicted molar refractivity (Wildman–Crippen MR) is 83.6 cm³/mol. The third kappa shape index (κ3) is 3.57. The lowest BCUT2D eigenvalue weighted by atomic mass is 10.1. The van der Waals surface area contributed by atoms with Gasteiger partial charge in [0.05, 0.1) is 24.2 Å². The molecule has 2 fully saturated rings. The third-order valence-corrected chi connectivity index (χ3v) is 6.19. The van der Waals surface area contributed by atoms with Crippen LogP contribution in [0, 0.1) is 5.92 Å². The van der Waals surface area contributed by atoms with Gasteiger partial charge in [0.2, 0.25) is 10.0 Å². The van der Waals surface area contributed by atoms with E-state index in [4.69, 9.17) is 4.74 Å². The quantitative estimate of drug-likeness (QED) is 0.737. The van der Waals surface area contributed by atoms with Crippen molar-refractivity contribution < 1.29 is 22.7 Å². The number of carbonyl (C=O) groups excluding carboxylic acids is 1. The summed E-state index contributed by atoms with van der Waals surface area (Å²) in [5.41, 5.74) is 0.244. The maximum Gasteiger partial charge on any atom is 0.337 e. The zero-order valence-electron chi connectivity index (χ0n) is 13.1. The van der Waals surface area contributed by atoms with Crippen LogP contribution in [-0.4, -0.2) is 51.6 Å². The van der Waals surface area contributed by atoms with Gasteiger partial charge >= 0.3 is 5.97 Å². The number of esters is 1. The Morgan fingerprint density at radius 1 is 1.35 bits per heavy atom. The van der Waals surface area contributed by atoms with Gasteiger partial charge in [0.1, 0.15) is 0 Å². The minimum absolute atomic E-state index is 0.0717. The SMILES string of the molecule is COC(=O)c1cccc(S(=O)(=O)N(C[C@@H]2CCOC2)C2CC2)c1. The van der Waals surface area contributed by atoms with Gasteiger partial charge in [-0.15, -0.1) is 0 Å². The fourth-order valence-corrected chi connectivity index (χ4v) is 4.63. The molecule has 3 rings (SSSR count). The number of nitrogens with zero attached hydrogens (tertiary/aromatic N) is 1. The molecule has 0 amide bonds. The lowest BCUT2D eigenvalue weighted by molar-refractivity contribution is 0.0600. The highest BCUT2D eigenvalue weighted by atomic mass is 32.2. The van der Waals surface area contributed by atoms with Gasteiger partial charge in [-0.1, -0.05) is 6.07 Å². The van der Waals surface area contributed by atoms with E-state index in [9.17, 15) is 13.2 Å². The van der Waals surface area contributed by atoms with Crippen LogP contribution < -0.4 is 0 Å². The molecule has 0 aromatic heterocycles. The van der Waals surface area contributed by atoms with Crippen molar-refractivity contribution in [1.82, 2.24) is 4.31 Å². The van der Waals surface area contributed by atoms with Crippen LogP contribution in [-0.2, 0) is 19.5 Å². The first-order chi connectivity index (χ1) is 11.0. The average molecular weight is 339 g/mol. The molecule has 0 bridgehead atoms. The van der Waals surface area contributed by atoms with Gasteiger partial charge in [-0.3, -0.25) is 0 Å². The second-order valence-electron chi connectivity index (χ2n) is 6.05. The van der Waals surface area contributed by atoms with E-state index in [1.807, 2.05) is 0 Å². The van der Waals surface area contributed by atoms with Gasteiger partial charge in [0.15, 0.2) is 0 Å². The zero-order valence-corrected chi connectivity index (χ0v) is 13.9. The number of carbonyl (C=O) groups is 1. The van der Waals surface area contributed by atoms with E-state index in [-0.39, 0.29) is 22.4 Å². The average Bonchev–Trinajstić information content (AvgIpc) is 3.27. The molecule has 0 radical (unpaired) electrons. The number of rotatable bonds is 6. The number of methoxy groups -OCH3 is 1. The van der Waals surface area contributed by atoms with Crippen LogP contribution in [0.5, 0.6) is 0 Å². The summed E-state index contributed by atoms with van der Waals surface area (Å²) in [7, 11) is -2.34. The van der Waals surface area contributed by atoms with Crippen molar-refractivity contribution in [2.24, 2.45) is 5.92 Å². The molecule has 0 unspecified atom stereocenters. The van der Waals surface area contributed by atoms with E-state index in [0.717, 1.165) is 19.3 Å². The van der Waals surface area contributed by atoms with Crippen LogP contribution in [0.4, 0.5) is 0 Å². The summed E-state index contributed by atoms with van der Waals surface area (Å²) in [6.07, 6.45) is 2.67. The molecular formula is C16H21NO5S. The summed E-state index contributed by atoms with van der Waals surface area (Å²) in [4.78, 5) is 11.8. The third-order valence-electron chi connectivity index (χ3n) is 4.28. The van der Waals surface area contributed by atoms with Crippen molar-refractivity contribution in [2.45, 2.75) is 30.2 Å². The van der Waals surface area contributed by atoms with Crippen molar-refractivity contribution in [3.05, 3.63) is 29.8 Å². The Labute approximate surface area is 136 Å². The van der Waals surface area contributed by atoms with Crippen LogP contribution in [0.1, 0.15) is 29.6 Å². The number of sulfonamides is 1. The van der Waals surface area contributed by atoms with E-state index < -0.39 is 16.0 Å². The van der Waals surface area contributed by atoms with Crippen LogP contribution >= 0.6 is 0 Å². The molecule has 1 aliphatic heterocycles. The minimum atomic E-state index is -3.62. The first-order valence-corrected chi connectivity index (χ1v) is 9.24. The van der Waals surface area contributed by atoms with E-state index >= 15 is 0 Å². The number of benzene rings is 1. The molecule has 1 aromatic carbocycles. The van der Waals surface area contributed by atoms with Crippen molar-refractivity contribution in [3.63, 3.8) is 0 Å². The molecule has 0 N–H and O–H groups in total. The molecule has 126 valence electrons. The van der Waals surface area contributed by atoms with Crippen molar-refractivity contribution in [1.29, 1.82) is 0 Å². The Bertz CT molecular complexity index is 677. The van der Waals surface area contributed by atoms with Crippen LogP contribution in [0.15, 0.2) is 29.2 Å². The smallest absolute Gasteiger partial charge is 0.337 e. The van der Waals surface area contributed by atoms with Gasteiger partial charge in [0.25, 0.3) is 0 Å². The molecule has 7 heteroatoms. The topological polar surface area (TPSA) is 72.9 Å². The van der Waals surface area contributed by atoms with E-state index in [2.05, 4.69) is 4.74 Å². The van der Waals surface area contributed by atoms with Gasteiger partial charge in [-0.25, -0.2) is 13.2 Å². The van der Waals surface area contributed by atoms with Gasteiger partial charge in [-0.05, 0) is 43.4 Å². The zero-order chi connectivity index (χ0) is 16.4. The molecule has 1 saturated carbocycles. The minimum Gasteiger partial charge on any atom is -0.465 e. The highest BCUT2D eigenvalue weighted by molar-refractivity contribution is 7.89. The summed E-state index contributed by atoms with van der Waals surface area (Å²) in [6, 6.07) is 6.12. The molecule has 2 aliphatic rings. The van der Waals surface area contributed by atoms with Crippen molar-refractivity contribution in [2.75, 3.05) is 26.9 Å². The Balaban J connectivity index is 1.87. The van der Waals surface area contributed by atoms with Crippen LogP contribution in [0.2, 0.25) is 0 Å². The van der Waals surface area contributed by atoms with Crippen molar-refractivity contribution in [3.8, 4) is 0 Å². The van der Waals surface area contributed by atoms with Crippen molar-refractivity contribution >= 4 is 16.0 Å². The highest BCUT2D eigenvalue weighted by Gasteiger charge is 2.39. The van der Waals surface area contributed by atoms with Gasteiger partial charge in [-0.2, -0.15) is 4.31 Å². The summed E-state index contributed by atoms with van der Waals surface area (Å²) < 4.78 is 37.6. The first-order valence-electron chi connectivity index (χ1n) is 7.80. The lowest BCUT2D eigenvalue weighted by Gasteiger charge is -2.24. The second kappa shape index (κ2) is 6.59. The first kappa shape index (κ1) is 16.4. The van der Waals surface area contributed by atoms with E-state index in [0.29, 0.717) is 19.8 Å². The molecule has 23 heavy (non-hydrogen) atoms. The van der Waals surface area contributed by atoms with E-state index in [1.165, 1.54) is 19.2 Å². The van der Waals surface area contributed by atoms with Crippen LogP contribution in [0.25, 0.3) is 0 Å². The molecule has 6 nitrogen and oxygen atoms in total. The fourth-order valence-electron chi connectivity index (χ4n) is 2.82. The summed E-state index contributed by atoms with van der Waals surface area (Å²) in [5.74, 6) is -0.293. The Kier molecular flexibility index (Phi) is 4.70. The van der Waals surface area contributed by atoms with Gasteiger partial charge in [0, 0.05) is 19.2 Å². The largest absolute Gasteiger partial charge is 0.465 e. The molecular weight excluding hydrogens is 318 g/mol. The lowest BCUT2D eigenvalue weighted by Crippen LogP contribution is -2.37. The van der Waals surface area contributed by atoms with E-state index in [1.54, 1.807) is 16.4 Å². The van der Waals surface area contributed by atoms with Gasteiger partial charge < -0.3 is 9.47 Å². The Morgan fingerprint density at radius 3 is 2.74 bits per heavy atom. The second-order valence-corrected chi connectivity index (χ2v) is 7.95. The summed E-state index contributed by atoms with van der Waals surface area (Å²) >= 11 is 0. The molecule has 0 spiro atoms. The number of hydrogen-bond donors (Lipinski definition) is 0. The number of ether oxygens (including phenoxy) is 2. The molecule has 1 aromatic rings. The highest BCUT2D eigenvalue weighted by Crippen LogP contribution is 2.34. The van der Waals surface area contributed by atoms with Crippen LogP contribution in [0.3, 0.4) is 0 Å². The Hall–Kier alpha value is -1.44.